The molecule has 2 rings (SSSR count). The number of unbranched alkanes of at least 4 members (excludes halogenated alkanes) is 1. The van der Waals surface area contributed by atoms with Crippen molar-refractivity contribution in [2.75, 3.05) is 26.5 Å². The van der Waals surface area contributed by atoms with Crippen LogP contribution in [0, 0.1) is 6.92 Å². The monoisotopic (exact) mass is 450 g/mol. The number of halogens is 1. The smallest absolute Gasteiger partial charge is 0.118 e. The molecule has 0 aliphatic carbocycles. The molecule has 0 aromatic heterocycles. The Morgan fingerprint density at radius 2 is 1.78 bits per heavy atom. The van der Waals surface area contributed by atoms with Crippen LogP contribution < -0.4 is 10.1 Å². The SMILES string of the molecule is COc1ccc(SC)cc1.OO.[CH2-]CCCNCCc1cccc(Cl)c1.[Cr]. The Bertz CT molecular complexity index is 550. The Morgan fingerprint density at radius 1 is 1.11 bits per heavy atom. The van der Waals surface area contributed by atoms with E-state index in [-0.39, 0.29) is 17.4 Å². The third-order valence-corrected chi connectivity index (χ3v) is 4.36. The van der Waals surface area contributed by atoms with Crippen molar-refractivity contribution < 1.29 is 32.6 Å². The zero-order valence-electron chi connectivity index (χ0n) is 15.9. The number of hydrogen-bond donors (Lipinski definition) is 3. The van der Waals surface area contributed by atoms with E-state index in [4.69, 9.17) is 26.9 Å². The summed E-state index contributed by atoms with van der Waals surface area (Å²) in [6, 6.07) is 16.0. The van der Waals surface area contributed by atoms with Crippen LogP contribution in [0.3, 0.4) is 0 Å². The fourth-order valence-corrected chi connectivity index (χ4v) is 2.63. The summed E-state index contributed by atoms with van der Waals surface area (Å²) >= 11 is 7.61. The van der Waals surface area contributed by atoms with E-state index in [1.54, 1.807) is 18.9 Å². The van der Waals surface area contributed by atoms with Gasteiger partial charge in [-0.15, -0.1) is 11.8 Å². The van der Waals surface area contributed by atoms with Crippen LogP contribution in [0.5, 0.6) is 5.75 Å². The molecule has 0 saturated carbocycles. The second-order valence-electron chi connectivity index (χ2n) is 5.22. The van der Waals surface area contributed by atoms with E-state index < -0.39 is 0 Å². The van der Waals surface area contributed by atoms with Crippen molar-refractivity contribution in [3.8, 4) is 5.75 Å². The summed E-state index contributed by atoms with van der Waals surface area (Å²) in [5, 5.41) is 16.2. The van der Waals surface area contributed by atoms with Crippen molar-refractivity contribution in [1.82, 2.24) is 5.32 Å². The Kier molecular flexibility index (Phi) is 21.2. The van der Waals surface area contributed by atoms with Gasteiger partial charge in [0.25, 0.3) is 0 Å². The largest absolute Gasteiger partial charge is 0.497 e. The zero-order chi connectivity index (χ0) is 19.6. The fraction of sp³-hybridized carbons (Fsp3) is 0.350. The third kappa shape index (κ3) is 15.0. The van der Waals surface area contributed by atoms with Gasteiger partial charge in [0.15, 0.2) is 0 Å². The van der Waals surface area contributed by atoms with Crippen molar-refractivity contribution in [2.45, 2.75) is 24.2 Å². The second-order valence-corrected chi connectivity index (χ2v) is 6.53. The summed E-state index contributed by atoms with van der Waals surface area (Å²) in [7, 11) is 1.67. The molecular formula is C20H29ClCrNO3S-. The van der Waals surface area contributed by atoms with Crippen LogP contribution >= 0.6 is 23.4 Å². The molecule has 2 aromatic rings. The van der Waals surface area contributed by atoms with Crippen LogP contribution in [-0.2, 0) is 23.8 Å². The first kappa shape index (κ1) is 28.5. The molecular weight excluding hydrogens is 422 g/mol. The van der Waals surface area contributed by atoms with E-state index in [1.807, 2.05) is 42.5 Å². The summed E-state index contributed by atoms with van der Waals surface area (Å²) in [5.41, 5.74) is 1.29. The molecule has 7 heteroatoms. The molecule has 0 unspecified atom stereocenters. The molecule has 0 aliphatic rings. The van der Waals surface area contributed by atoms with Gasteiger partial charge in [-0.25, -0.2) is 0 Å². The number of benzene rings is 2. The molecule has 0 radical (unpaired) electrons. The topological polar surface area (TPSA) is 61.7 Å². The molecule has 152 valence electrons. The minimum atomic E-state index is 0. The van der Waals surface area contributed by atoms with Gasteiger partial charge >= 0.3 is 0 Å². The number of ether oxygens (including phenoxy) is 1. The Morgan fingerprint density at radius 3 is 2.30 bits per heavy atom. The van der Waals surface area contributed by atoms with Crippen LogP contribution in [0.15, 0.2) is 53.4 Å². The van der Waals surface area contributed by atoms with E-state index in [9.17, 15) is 0 Å². The van der Waals surface area contributed by atoms with E-state index in [0.717, 1.165) is 43.1 Å². The molecule has 0 aliphatic heterocycles. The molecule has 27 heavy (non-hydrogen) atoms. The van der Waals surface area contributed by atoms with Gasteiger partial charge in [0.1, 0.15) is 5.75 Å². The predicted octanol–water partition coefficient (Wildman–Crippen LogP) is 5.52. The summed E-state index contributed by atoms with van der Waals surface area (Å²) in [4.78, 5) is 1.26. The fourth-order valence-electron chi connectivity index (χ4n) is 2.01. The molecule has 0 bridgehead atoms. The Labute approximate surface area is 183 Å². The molecule has 0 amide bonds. The third-order valence-electron chi connectivity index (χ3n) is 3.38. The molecule has 0 spiro atoms. The number of nitrogens with one attached hydrogen (secondary N) is 1. The van der Waals surface area contributed by atoms with Gasteiger partial charge in [-0.2, -0.15) is 6.42 Å². The van der Waals surface area contributed by atoms with Crippen LogP contribution in [0.4, 0.5) is 0 Å². The van der Waals surface area contributed by atoms with Crippen molar-refractivity contribution in [1.29, 1.82) is 0 Å². The number of hydrogen-bond acceptors (Lipinski definition) is 5. The van der Waals surface area contributed by atoms with Gasteiger partial charge in [-0.3, -0.25) is 10.5 Å². The Hall–Kier alpha value is -0.708. The van der Waals surface area contributed by atoms with E-state index >= 15 is 0 Å². The van der Waals surface area contributed by atoms with Crippen molar-refractivity contribution in [3.63, 3.8) is 0 Å². The second kappa shape index (κ2) is 20.0. The summed E-state index contributed by atoms with van der Waals surface area (Å²) in [5.74, 6) is 0.915. The maximum absolute atomic E-state index is 6.00. The maximum Gasteiger partial charge on any atom is 0.118 e. The van der Waals surface area contributed by atoms with Crippen LogP contribution in [0.25, 0.3) is 0 Å². The number of rotatable bonds is 8. The summed E-state index contributed by atoms with van der Waals surface area (Å²) in [6.07, 6.45) is 5.25. The van der Waals surface area contributed by atoms with Crippen molar-refractivity contribution >= 4 is 23.4 Å². The molecule has 0 fully saturated rings. The summed E-state index contributed by atoms with van der Waals surface area (Å²) < 4.78 is 5.00. The molecule has 0 heterocycles. The van der Waals surface area contributed by atoms with Gasteiger partial charge in [-0.05, 0) is 67.7 Å². The average molecular weight is 451 g/mol. The van der Waals surface area contributed by atoms with Gasteiger partial charge in [-0.1, -0.05) is 30.2 Å². The van der Waals surface area contributed by atoms with Crippen molar-refractivity contribution in [2.24, 2.45) is 0 Å². The first-order valence-electron chi connectivity index (χ1n) is 8.32. The predicted molar refractivity (Wildman–Crippen MR) is 113 cm³/mol. The number of methoxy groups -OCH3 is 1. The molecule has 0 saturated heterocycles. The van der Waals surface area contributed by atoms with E-state index in [0.29, 0.717) is 0 Å². The molecule has 2 aromatic carbocycles. The normalized spacial score (nSPS) is 9.11. The van der Waals surface area contributed by atoms with E-state index in [2.05, 4.69) is 24.6 Å². The Balaban J connectivity index is 0. The standard InChI is InChI=1S/C12H17ClN.C8H10OS.Cr.H2O2/c1-2-3-8-14-9-7-11-5-4-6-12(13)10-11;1-9-7-3-5-8(10-2)6-4-7;;1-2/h4-6,10,14H,1-3,7-9H2;3-6H,1-2H3;;1-2H/q-1;;;. The first-order valence-corrected chi connectivity index (χ1v) is 9.92. The van der Waals surface area contributed by atoms with Crippen molar-refractivity contribution in [3.05, 3.63) is 66.0 Å². The zero-order valence-corrected chi connectivity index (χ0v) is 18.7. The quantitative estimate of drug-likeness (QED) is 0.162. The molecule has 0 atom stereocenters. The molecule has 4 nitrogen and oxygen atoms in total. The summed E-state index contributed by atoms with van der Waals surface area (Å²) in [6.45, 7) is 5.87. The van der Waals surface area contributed by atoms with Gasteiger partial charge in [0.05, 0.1) is 7.11 Å². The molecule has 3 N–H and O–H groups in total. The first-order chi connectivity index (χ1) is 12.7. The van der Waals surface area contributed by atoms with E-state index in [1.165, 1.54) is 10.5 Å². The minimum absolute atomic E-state index is 0. The average Bonchev–Trinajstić information content (AvgIpc) is 2.70. The minimum Gasteiger partial charge on any atom is -0.497 e. The van der Waals surface area contributed by atoms with Gasteiger partial charge < -0.3 is 17.0 Å². The maximum atomic E-state index is 6.00. The van der Waals surface area contributed by atoms with Crippen LogP contribution in [0.1, 0.15) is 18.4 Å². The van der Waals surface area contributed by atoms with Crippen LogP contribution in [-0.4, -0.2) is 37.0 Å². The van der Waals surface area contributed by atoms with Gasteiger partial charge in [0, 0.05) is 27.3 Å². The van der Waals surface area contributed by atoms with Crippen LogP contribution in [0.2, 0.25) is 5.02 Å². The number of thioether (sulfide) groups is 1. The van der Waals surface area contributed by atoms with Gasteiger partial charge in [0.2, 0.25) is 0 Å².